The summed E-state index contributed by atoms with van der Waals surface area (Å²) in [5.74, 6) is 7.69. The number of carbonyl (C=O) groups is 1. The molecule has 0 bridgehead atoms. The molecule has 0 aliphatic heterocycles. The van der Waals surface area contributed by atoms with Gasteiger partial charge in [0.25, 0.3) is 0 Å². The summed E-state index contributed by atoms with van der Waals surface area (Å²) in [6, 6.07) is 0. The quantitative estimate of drug-likeness (QED) is 0.192. The van der Waals surface area contributed by atoms with Gasteiger partial charge in [-0.15, -0.1) is 0 Å². The number of fused-ring (bicyclic) bond motifs is 5. The van der Waals surface area contributed by atoms with Crippen molar-refractivity contribution in [2.75, 3.05) is 13.2 Å². The SMILES string of the molecule is C=C(C)C(=O)OCC(CO)CC[C@H]1CC[C@@]2(C)[C@@H](CC[C@@H]3[C@@H]2CC[C@]2(C)[C@@H]([C@H](C)CC[C@@H](C)C(C)C)CC[C@@H]32)C1. The van der Waals surface area contributed by atoms with Gasteiger partial charge >= 0.3 is 5.97 Å². The molecule has 0 radical (unpaired) electrons. The van der Waals surface area contributed by atoms with Crippen LogP contribution in [0.4, 0.5) is 0 Å². The monoisotopic (exact) mass is 556 g/mol. The summed E-state index contributed by atoms with van der Waals surface area (Å²) in [5, 5.41) is 9.88. The molecule has 3 nitrogen and oxygen atoms in total. The van der Waals surface area contributed by atoms with Gasteiger partial charge in [0.15, 0.2) is 0 Å². The standard InChI is InChI=1S/C37H64O3/c1-24(2)26(5)9-10-27(6)32-15-16-33-31-14-13-30-21-28(11-12-29(22-38)23-40-35(39)25(3)4)17-19-36(30,7)34(31)18-20-37(32,33)8/h24,26-34,38H,3,9-23H2,1-2,4-8H3/t26-,27-,28+,29?,30+,31+,32-,33+,34+,36+,37-/m1/s1. The van der Waals surface area contributed by atoms with Gasteiger partial charge in [0.1, 0.15) is 0 Å². The predicted octanol–water partition coefficient (Wildman–Crippen LogP) is 9.48. The van der Waals surface area contributed by atoms with Gasteiger partial charge in [0.2, 0.25) is 0 Å². The maximum absolute atomic E-state index is 11.8. The van der Waals surface area contributed by atoms with Crippen LogP contribution >= 0.6 is 0 Å². The fourth-order valence-electron chi connectivity index (χ4n) is 10.7. The molecule has 230 valence electrons. The molecular formula is C37H64O3. The minimum Gasteiger partial charge on any atom is -0.462 e. The average Bonchev–Trinajstić information content (AvgIpc) is 3.28. The van der Waals surface area contributed by atoms with Gasteiger partial charge in [-0.2, -0.15) is 0 Å². The molecule has 0 heterocycles. The van der Waals surface area contributed by atoms with E-state index < -0.39 is 0 Å². The summed E-state index contributed by atoms with van der Waals surface area (Å²) < 4.78 is 5.36. The summed E-state index contributed by atoms with van der Waals surface area (Å²) in [7, 11) is 0. The lowest BCUT2D eigenvalue weighted by Crippen LogP contribution is -2.53. The number of aliphatic hydroxyl groups excluding tert-OH is 1. The Morgan fingerprint density at radius 3 is 2.30 bits per heavy atom. The average molecular weight is 557 g/mol. The van der Waals surface area contributed by atoms with Gasteiger partial charge in [-0.1, -0.05) is 61.0 Å². The number of aliphatic hydroxyl groups is 1. The smallest absolute Gasteiger partial charge is 0.333 e. The molecule has 0 aromatic rings. The number of hydrogen-bond acceptors (Lipinski definition) is 3. The van der Waals surface area contributed by atoms with E-state index in [2.05, 4.69) is 48.1 Å². The van der Waals surface area contributed by atoms with Crippen LogP contribution in [0.5, 0.6) is 0 Å². The van der Waals surface area contributed by atoms with Crippen LogP contribution in [0.3, 0.4) is 0 Å². The number of ether oxygens (including phenoxy) is 1. The van der Waals surface area contributed by atoms with E-state index in [1.807, 2.05) is 0 Å². The van der Waals surface area contributed by atoms with E-state index in [4.69, 9.17) is 4.74 Å². The number of rotatable bonds is 12. The van der Waals surface area contributed by atoms with Crippen LogP contribution in [-0.2, 0) is 9.53 Å². The molecule has 1 N–H and O–H groups in total. The van der Waals surface area contributed by atoms with E-state index in [1.165, 1.54) is 70.6 Å². The highest BCUT2D eigenvalue weighted by Crippen LogP contribution is 2.68. The summed E-state index contributed by atoms with van der Waals surface area (Å²) in [6.07, 6.45) is 17.9. The fraction of sp³-hybridized carbons (Fsp3) is 0.919. The van der Waals surface area contributed by atoms with Crippen LogP contribution in [0.15, 0.2) is 12.2 Å². The van der Waals surface area contributed by atoms with E-state index in [9.17, 15) is 9.90 Å². The molecule has 0 spiro atoms. The first-order chi connectivity index (χ1) is 18.9. The molecule has 0 aromatic carbocycles. The molecule has 0 amide bonds. The third kappa shape index (κ3) is 6.55. The number of esters is 1. The Labute approximate surface area is 247 Å². The van der Waals surface area contributed by atoms with Crippen molar-refractivity contribution in [1.82, 2.24) is 0 Å². The second kappa shape index (κ2) is 13.2. The van der Waals surface area contributed by atoms with Crippen molar-refractivity contribution < 1.29 is 14.6 Å². The van der Waals surface area contributed by atoms with Crippen LogP contribution in [0.25, 0.3) is 0 Å². The Bertz CT molecular complexity index is 863. The Kier molecular flexibility index (Phi) is 10.6. The summed E-state index contributed by atoms with van der Waals surface area (Å²) in [6.45, 7) is 21.0. The summed E-state index contributed by atoms with van der Waals surface area (Å²) >= 11 is 0. The van der Waals surface area contributed by atoms with Crippen LogP contribution in [0.2, 0.25) is 0 Å². The topological polar surface area (TPSA) is 46.5 Å². The number of hydrogen-bond donors (Lipinski definition) is 1. The molecule has 0 aromatic heterocycles. The second-order valence-corrected chi connectivity index (χ2v) is 16.3. The molecule has 1 unspecified atom stereocenters. The van der Waals surface area contributed by atoms with Crippen molar-refractivity contribution in [2.24, 2.45) is 70.0 Å². The highest BCUT2D eigenvalue weighted by molar-refractivity contribution is 5.86. The van der Waals surface area contributed by atoms with E-state index in [1.54, 1.807) is 6.92 Å². The zero-order valence-corrected chi connectivity index (χ0v) is 27.4. The van der Waals surface area contributed by atoms with E-state index in [0.29, 0.717) is 23.0 Å². The largest absolute Gasteiger partial charge is 0.462 e. The third-order valence-electron chi connectivity index (χ3n) is 13.8. The highest BCUT2D eigenvalue weighted by Gasteiger charge is 2.60. The molecule has 4 rings (SSSR count). The van der Waals surface area contributed by atoms with Crippen LogP contribution in [0.1, 0.15) is 132 Å². The lowest BCUT2D eigenvalue weighted by molar-refractivity contribution is -0.140. The third-order valence-corrected chi connectivity index (χ3v) is 13.8. The lowest BCUT2D eigenvalue weighted by atomic mass is 9.44. The fourth-order valence-corrected chi connectivity index (χ4v) is 10.7. The normalized spacial score (nSPS) is 39.5. The number of carbonyl (C=O) groups excluding carboxylic acids is 1. The van der Waals surface area contributed by atoms with Crippen molar-refractivity contribution in [3.63, 3.8) is 0 Å². The maximum atomic E-state index is 11.8. The molecule has 4 saturated carbocycles. The summed E-state index contributed by atoms with van der Waals surface area (Å²) in [5.41, 5.74) is 1.54. The molecule has 40 heavy (non-hydrogen) atoms. The predicted molar refractivity (Wildman–Crippen MR) is 167 cm³/mol. The molecule has 11 atom stereocenters. The highest BCUT2D eigenvalue weighted by atomic mass is 16.5. The van der Waals surface area contributed by atoms with Gasteiger partial charge in [0.05, 0.1) is 6.61 Å². The molecule has 3 heteroatoms. The van der Waals surface area contributed by atoms with Crippen LogP contribution in [0, 0.1) is 70.0 Å². The minimum atomic E-state index is -0.337. The van der Waals surface area contributed by atoms with Gasteiger partial charge in [-0.05, 0) is 142 Å². The Balaban J connectivity index is 1.32. The Hall–Kier alpha value is -0.830. The first-order valence-corrected chi connectivity index (χ1v) is 17.3. The first kappa shape index (κ1) is 32.1. The minimum absolute atomic E-state index is 0.0506. The first-order valence-electron chi connectivity index (χ1n) is 17.3. The molecule has 4 fully saturated rings. The summed E-state index contributed by atoms with van der Waals surface area (Å²) in [4.78, 5) is 11.8. The zero-order valence-electron chi connectivity index (χ0n) is 27.4. The zero-order chi connectivity index (χ0) is 29.2. The van der Waals surface area contributed by atoms with Crippen LogP contribution < -0.4 is 0 Å². The molecule has 0 saturated heterocycles. The maximum Gasteiger partial charge on any atom is 0.333 e. The van der Waals surface area contributed by atoms with Gasteiger partial charge in [-0.3, -0.25) is 0 Å². The van der Waals surface area contributed by atoms with Crippen molar-refractivity contribution in [2.45, 2.75) is 132 Å². The molecule has 4 aliphatic rings. The Morgan fingerprint density at radius 2 is 1.62 bits per heavy atom. The van der Waals surface area contributed by atoms with Gasteiger partial charge < -0.3 is 9.84 Å². The van der Waals surface area contributed by atoms with Crippen LogP contribution in [-0.4, -0.2) is 24.3 Å². The van der Waals surface area contributed by atoms with Crippen molar-refractivity contribution in [3.8, 4) is 0 Å². The molecular weight excluding hydrogens is 492 g/mol. The van der Waals surface area contributed by atoms with E-state index in [-0.39, 0.29) is 18.5 Å². The molecule has 4 aliphatic carbocycles. The van der Waals surface area contributed by atoms with Crippen molar-refractivity contribution in [3.05, 3.63) is 12.2 Å². The van der Waals surface area contributed by atoms with Gasteiger partial charge in [0, 0.05) is 18.1 Å². The van der Waals surface area contributed by atoms with E-state index >= 15 is 0 Å². The lowest BCUT2D eigenvalue weighted by Gasteiger charge is -2.61. The van der Waals surface area contributed by atoms with Crippen molar-refractivity contribution in [1.29, 1.82) is 0 Å². The Morgan fingerprint density at radius 1 is 0.925 bits per heavy atom. The van der Waals surface area contributed by atoms with E-state index in [0.717, 1.165) is 66.1 Å². The van der Waals surface area contributed by atoms with Gasteiger partial charge in [-0.25, -0.2) is 4.79 Å². The second-order valence-electron chi connectivity index (χ2n) is 16.3. The van der Waals surface area contributed by atoms with Crippen molar-refractivity contribution >= 4 is 5.97 Å².